The number of carbonyl (C=O) groups is 1. The van der Waals surface area contributed by atoms with E-state index >= 15 is 0 Å². The molecule has 2 aromatic rings. The predicted octanol–water partition coefficient (Wildman–Crippen LogP) is 2.88. The molecule has 0 radical (unpaired) electrons. The molecule has 1 amide bonds. The monoisotopic (exact) mass is 299 g/mol. The number of aromatic nitrogens is 2. The fourth-order valence-corrected chi connectivity index (χ4v) is 3.09. The lowest BCUT2D eigenvalue weighted by molar-refractivity contribution is -0.113. The van der Waals surface area contributed by atoms with Gasteiger partial charge in [-0.05, 0) is 29.8 Å². The molecular formula is C14H9N3OS2. The van der Waals surface area contributed by atoms with Crippen molar-refractivity contribution >= 4 is 46.0 Å². The number of carbonyl (C=O) groups excluding carboxylic acids is 1. The second-order valence-corrected chi connectivity index (χ2v) is 5.69. The zero-order valence-corrected chi connectivity index (χ0v) is 11.9. The topological polar surface area (TPSA) is 46.1 Å². The van der Waals surface area contributed by atoms with Gasteiger partial charge in [-0.2, -0.15) is 0 Å². The van der Waals surface area contributed by atoms with Crippen LogP contribution in [-0.2, 0) is 4.79 Å². The zero-order chi connectivity index (χ0) is 13.9. The summed E-state index contributed by atoms with van der Waals surface area (Å²) < 4.78 is 0.512. The average Bonchev–Trinajstić information content (AvgIpc) is 2.75. The van der Waals surface area contributed by atoms with Crippen LogP contribution in [0.3, 0.4) is 0 Å². The summed E-state index contributed by atoms with van der Waals surface area (Å²) in [7, 11) is 0. The van der Waals surface area contributed by atoms with Crippen LogP contribution in [0, 0.1) is 0 Å². The molecular weight excluding hydrogens is 290 g/mol. The zero-order valence-electron chi connectivity index (χ0n) is 10.3. The van der Waals surface area contributed by atoms with Crippen molar-refractivity contribution in [3.63, 3.8) is 0 Å². The van der Waals surface area contributed by atoms with Crippen molar-refractivity contribution in [1.82, 2.24) is 9.97 Å². The van der Waals surface area contributed by atoms with Gasteiger partial charge in [0, 0.05) is 18.6 Å². The van der Waals surface area contributed by atoms with Crippen LogP contribution >= 0.6 is 24.0 Å². The average molecular weight is 299 g/mol. The normalized spacial score (nSPS) is 17.0. The number of rotatable bonds is 2. The van der Waals surface area contributed by atoms with E-state index in [1.807, 2.05) is 18.2 Å². The molecule has 6 heteroatoms. The van der Waals surface area contributed by atoms with E-state index < -0.39 is 0 Å². The van der Waals surface area contributed by atoms with Gasteiger partial charge in [0.2, 0.25) is 0 Å². The van der Waals surface area contributed by atoms with Crippen LogP contribution in [-0.4, -0.2) is 20.2 Å². The van der Waals surface area contributed by atoms with E-state index in [2.05, 4.69) is 9.97 Å². The summed E-state index contributed by atoms with van der Waals surface area (Å²) in [5.74, 6) is -0.128. The molecule has 98 valence electrons. The highest BCUT2D eigenvalue weighted by molar-refractivity contribution is 8.27. The van der Waals surface area contributed by atoms with Crippen molar-refractivity contribution in [3.05, 3.63) is 59.5 Å². The van der Waals surface area contributed by atoms with Crippen LogP contribution in [0.1, 0.15) is 5.56 Å². The van der Waals surface area contributed by atoms with Gasteiger partial charge in [0.15, 0.2) is 4.32 Å². The van der Waals surface area contributed by atoms with Crippen molar-refractivity contribution in [3.8, 4) is 0 Å². The van der Waals surface area contributed by atoms with Gasteiger partial charge in [-0.1, -0.05) is 30.0 Å². The third-order valence-electron chi connectivity index (χ3n) is 2.68. The Bertz CT molecular complexity index is 686. The molecule has 0 bridgehead atoms. The van der Waals surface area contributed by atoms with E-state index in [9.17, 15) is 4.79 Å². The third kappa shape index (κ3) is 2.48. The lowest BCUT2D eigenvalue weighted by atomic mass is 10.2. The van der Waals surface area contributed by atoms with Gasteiger partial charge in [-0.15, -0.1) is 0 Å². The Morgan fingerprint density at radius 1 is 1.15 bits per heavy atom. The van der Waals surface area contributed by atoms with Crippen molar-refractivity contribution in [2.75, 3.05) is 4.90 Å². The lowest BCUT2D eigenvalue weighted by Crippen LogP contribution is -2.27. The molecule has 0 N–H and O–H groups in total. The van der Waals surface area contributed by atoms with Gasteiger partial charge in [0.25, 0.3) is 5.91 Å². The quantitative estimate of drug-likeness (QED) is 0.630. The first-order chi connectivity index (χ1) is 9.75. The Kier molecular flexibility index (Phi) is 3.58. The molecule has 1 saturated heterocycles. The summed E-state index contributed by atoms with van der Waals surface area (Å²) in [6.45, 7) is 0. The third-order valence-corrected chi connectivity index (χ3v) is 3.98. The summed E-state index contributed by atoms with van der Waals surface area (Å²) >= 11 is 6.56. The Morgan fingerprint density at radius 2 is 1.90 bits per heavy atom. The minimum absolute atomic E-state index is 0.128. The summed E-state index contributed by atoms with van der Waals surface area (Å²) in [5.41, 5.74) is 1.56. The van der Waals surface area contributed by atoms with Crippen LogP contribution < -0.4 is 4.90 Å². The fraction of sp³-hybridized carbons (Fsp3) is 0. The SMILES string of the molecule is O=C1/C(=C\c2cccnc2)SC(=S)N1c1cccnc1. The van der Waals surface area contributed by atoms with E-state index in [4.69, 9.17) is 12.2 Å². The summed E-state index contributed by atoms with van der Waals surface area (Å²) in [4.78, 5) is 22.5. The molecule has 0 unspecified atom stereocenters. The maximum atomic E-state index is 12.4. The predicted molar refractivity (Wildman–Crippen MR) is 84.1 cm³/mol. The highest BCUT2D eigenvalue weighted by atomic mass is 32.2. The highest BCUT2D eigenvalue weighted by Gasteiger charge is 2.33. The van der Waals surface area contributed by atoms with E-state index in [0.717, 1.165) is 5.56 Å². The van der Waals surface area contributed by atoms with Crippen LogP contribution in [0.15, 0.2) is 54.0 Å². The first kappa shape index (κ1) is 13.0. The molecule has 0 aliphatic carbocycles. The minimum Gasteiger partial charge on any atom is -0.268 e. The lowest BCUT2D eigenvalue weighted by Gasteiger charge is -2.13. The Morgan fingerprint density at radius 3 is 2.55 bits per heavy atom. The van der Waals surface area contributed by atoms with Crippen LogP contribution in [0.25, 0.3) is 6.08 Å². The largest absolute Gasteiger partial charge is 0.270 e. The minimum atomic E-state index is -0.128. The first-order valence-corrected chi connectivity index (χ1v) is 7.06. The van der Waals surface area contributed by atoms with E-state index in [1.54, 1.807) is 36.9 Å². The molecule has 0 aromatic carbocycles. The molecule has 4 nitrogen and oxygen atoms in total. The molecule has 1 fully saturated rings. The maximum absolute atomic E-state index is 12.4. The Hall–Kier alpha value is -2.05. The number of nitrogens with zero attached hydrogens (tertiary/aromatic N) is 3. The first-order valence-electron chi connectivity index (χ1n) is 5.84. The molecule has 0 spiro atoms. The number of anilines is 1. The summed E-state index contributed by atoms with van der Waals surface area (Å²) in [6.07, 6.45) is 8.47. The van der Waals surface area contributed by atoms with Gasteiger partial charge >= 0.3 is 0 Å². The number of pyridine rings is 2. The number of thioether (sulfide) groups is 1. The number of thiocarbonyl (C=S) groups is 1. The van der Waals surface area contributed by atoms with E-state index in [-0.39, 0.29) is 5.91 Å². The second-order valence-electron chi connectivity index (χ2n) is 4.01. The smallest absolute Gasteiger partial charge is 0.268 e. The second kappa shape index (κ2) is 5.52. The molecule has 20 heavy (non-hydrogen) atoms. The molecule has 3 rings (SSSR count). The highest BCUT2D eigenvalue weighted by Crippen LogP contribution is 2.35. The van der Waals surface area contributed by atoms with Gasteiger partial charge in [0.1, 0.15) is 0 Å². The van der Waals surface area contributed by atoms with E-state index in [0.29, 0.717) is 14.9 Å². The Labute approximate surface area is 125 Å². The molecule has 3 heterocycles. The van der Waals surface area contributed by atoms with E-state index in [1.165, 1.54) is 16.7 Å². The summed E-state index contributed by atoms with van der Waals surface area (Å²) in [5, 5.41) is 0. The maximum Gasteiger partial charge on any atom is 0.270 e. The standard InChI is InChI=1S/C14H9N3OS2/c18-13-12(7-10-3-1-5-15-8-10)20-14(19)17(13)11-4-2-6-16-9-11/h1-9H/b12-7+. The molecule has 0 saturated carbocycles. The van der Waals surface area contributed by atoms with Crippen molar-refractivity contribution in [2.45, 2.75) is 0 Å². The van der Waals surface area contributed by atoms with Crippen molar-refractivity contribution < 1.29 is 4.79 Å². The number of hydrogen-bond donors (Lipinski definition) is 0. The van der Waals surface area contributed by atoms with Crippen molar-refractivity contribution in [1.29, 1.82) is 0 Å². The molecule has 1 aliphatic heterocycles. The van der Waals surface area contributed by atoms with Gasteiger partial charge in [0.05, 0.1) is 16.8 Å². The van der Waals surface area contributed by atoms with Crippen LogP contribution in [0.5, 0.6) is 0 Å². The molecule has 0 atom stereocenters. The number of hydrogen-bond acceptors (Lipinski definition) is 5. The number of amides is 1. The fourth-order valence-electron chi connectivity index (χ4n) is 1.79. The molecule has 2 aromatic heterocycles. The summed E-state index contributed by atoms with van der Waals surface area (Å²) in [6, 6.07) is 7.31. The van der Waals surface area contributed by atoms with Gasteiger partial charge in [-0.3, -0.25) is 19.7 Å². The van der Waals surface area contributed by atoms with Gasteiger partial charge < -0.3 is 0 Å². The molecule has 1 aliphatic rings. The van der Waals surface area contributed by atoms with Crippen LogP contribution in [0.4, 0.5) is 5.69 Å². The van der Waals surface area contributed by atoms with Crippen molar-refractivity contribution in [2.24, 2.45) is 0 Å². The van der Waals surface area contributed by atoms with Crippen LogP contribution in [0.2, 0.25) is 0 Å². The Balaban J connectivity index is 1.93. The van der Waals surface area contributed by atoms with Gasteiger partial charge in [-0.25, -0.2) is 0 Å².